The predicted molar refractivity (Wildman–Crippen MR) is 78.7 cm³/mol. The van der Waals surface area contributed by atoms with Crippen LogP contribution in [0, 0.1) is 5.92 Å². The van der Waals surface area contributed by atoms with E-state index in [4.69, 9.17) is 0 Å². The lowest BCUT2D eigenvalue weighted by Crippen LogP contribution is -2.36. The summed E-state index contributed by atoms with van der Waals surface area (Å²) < 4.78 is 0. The number of ketones is 1. The Labute approximate surface area is 116 Å². The van der Waals surface area contributed by atoms with Crippen LogP contribution in [-0.2, 0) is 0 Å². The van der Waals surface area contributed by atoms with Crippen LogP contribution < -0.4 is 4.90 Å². The zero-order valence-corrected chi connectivity index (χ0v) is 12.2. The van der Waals surface area contributed by atoms with E-state index < -0.39 is 0 Å². The van der Waals surface area contributed by atoms with Crippen molar-refractivity contribution in [2.45, 2.75) is 52.5 Å². The van der Waals surface area contributed by atoms with E-state index in [9.17, 15) is 4.79 Å². The molecule has 0 amide bonds. The van der Waals surface area contributed by atoms with Gasteiger partial charge in [-0.1, -0.05) is 26.7 Å². The number of Topliss-reactive ketones (excluding diaryl/α,β-unsaturated/α-hetero) is 1. The highest BCUT2D eigenvalue weighted by Crippen LogP contribution is 2.28. The molecule has 1 aliphatic carbocycles. The molecule has 0 radical (unpaired) electrons. The van der Waals surface area contributed by atoms with Gasteiger partial charge >= 0.3 is 0 Å². The summed E-state index contributed by atoms with van der Waals surface area (Å²) in [6.45, 7) is 7.11. The summed E-state index contributed by atoms with van der Waals surface area (Å²) >= 11 is 0. The maximum atomic E-state index is 11.3. The van der Waals surface area contributed by atoms with Crippen LogP contribution in [0.4, 0.5) is 5.82 Å². The minimum atomic E-state index is 0.0790. The van der Waals surface area contributed by atoms with Crippen LogP contribution in [0.2, 0.25) is 0 Å². The number of nitrogens with zero attached hydrogens (tertiary/aromatic N) is 2. The largest absolute Gasteiger partial charge is 0.353 e. The topological polar surface area (TPSA) is 33.2 Å². The van der Waals surface area contributed by atoms with Gasteiger partial charge in [-0.15, -0.1) is 0 Å². The minimum absolute atomic E-state index is 0.0790. The average molecular weight is 260 g/mol. The molecule has 0 N–H and O–H groups in total. The molecule has 1 heterocycles. The second-order valence-corrected chi connectivity index (χ2v) is 5.95. The van der Waals surface area contributed by atoms with E-state index in [-0.39, 0.29) is 5.78 Å². The number of carbonyl (C=O) groups excluding carboxylic acids is 1. The van der Waals surface area contributed by atoms with Gasteiger partial charge in [-0.3, -0.25) is 4.79 Å². The molecule has 1 saturated carbocycles. The van der Waals surface area contributed by atoms with Gasteiger partial charge < -0.3 is 4.90 Å². The summed E-state index contributed by atoms with van der Waals surface area (Å²) in [4.78, 5) is 18.2. The molecule has 0 bridgehead atoms. The molecule has 0 aliphatic heterocycles. The second-order valence-electron chi connectivity index (χ2n) is 5.95. The number of rotatable bonds is 5. The molecule has 1 aromatic rings. The van der Waals surface area contributed by atoms with Crippen LogP contribution in [0.5, 0.6) is 0 Å². The standard InChI is InChI=1S/C16H24N2O/c1-12(2)11-18(15-6-4-5-7-15)16-9-8-14(10-17-16)13(3)19/h8-10,12,15H,4-7,11H2,1-3H3. The Kier molecular flexibility index (Phi) is 4.56. The lowest BCUT2D eigenvalue weighted by atomic mass is 10.1. The van der Waals surface area contributed by atoms with Gasteiger partial charge in [-0.2, -0.15) is 0 Å². The fourth-order valence-electron chi connectivity index (χ4n) is 2.80. The molecule has 1 aliphatic rings. The van der Waals surface area contributed by atoms with Crippen molar-refractivity contribution in [2.75, 3.05) is 11.4 Å². The number of hydrogen-bond donors (Lipinski definition) is 0. The first-order valence-electron chi connectivity index (χ1n) is 7.31. The number of pyridine rings is 1. The Bertz CT molecular complexity index is 419. The summed E-state index contributed by atoms with van der Waals surface area (Å²) in [7, 11) is 0. The molecule has 0 atom stereocenters. The third kappa shape index (κ3) is 3.55. The highest BCUT2D eigenvalue weighted by atomic mass is 16.1. The first-order valence-corrected chi connectivity index (χ1v) is 7.31. The van der Waals surface area contributed by atoms with E-state index in [0.29, 0.717) is 17.5 Å². The van der Waals surface area contributed by atoms with Gasteiger partial charge in [0.2, 0.25) is 0 Å². The lowest BCUT2D eigenvalue weighted by molar-refractivity contribution is 0.101. The smallest absolute Gasteiger partial charge is 0.161 e. The van der Waals surface area contributed by atoms with Crippen molar-refractivity contribution in [3.63, 3.8) is 0 Å². The first kappa shape index (κ1) is 14.0. The Balaban J connectivity index is 2.18. The highest BCUT2D eigenvalue weighted by molar-refractivity contribution is 5.93. The SMILES string of the molecule is CC(=O)c1ccc(N(CC(C)C)C2CCCC2)nc1. The molecule has 0 aromatic carbocycles. The van der Waals surface area contributed by atoms with Crippen molar-refractivity contribution in [1.82, 2.24) is 4.98 Å². The molecule has 1 fully saturated rings. The molecular formula is C16H24N2O. The molecule has 3 heteroatoms. The molecule has 104 valence electrons. The predicted octanol–water partition coefficient (Wildman–Crippen LogP) is 3.69. The number of anilines is 1. The summed E-state index contributed by atoms with van der Waals surface area (Å²) in [5, 5.41) is 0. The highest BCUT2D eigenvalue weighted by Gasteiger charge is 2.24. The van der Waals surface area contributed by atoms with Crippen molar-refractivity contribution in [1.29, 1.82) is 0 Å². The molecule has 0 unspecified atom stereocenters. The van der Waals surface area contributed by atoms with Crippen molar-refractivity contribution in [3.8, 4) is 0 Å². The summed E-state index contributed by atoms with van der Waals surface area (Å²) in [5.41, 5.74) is 0.694. The third-order valence-electron chi connectivity index (χ3n) is 3.78. The Morgan fingerprint density at radius 2 is 2.05 bits per heavy atom. The van der Waals surface area contributed by atoms with Crippen molar-refractivity contribution in [2.24, 2.45) is 5.92 Å². The van der Waals surface area contributed by atoms with Gasteiger partial charge in [-0.05, 0) is 37.8 Å². The quantitative estimate of drug-likeness (QED) is 0.757. The lowest BCUT2D eigenvalue weighted by Gasteiger charge is -2.31. The van der Waals surface area contributed by atoms with Gasteiger partial charge in [0.05, 0.1) is 0 Å². The van der Waals surface area contributed by atoms with Gasteiger partial charge in [-0.25, -0.2) is 4.98 Å². The number of carbonyl (C=O) groups is 1. The molecule has 3 nitrogen and oxygen atoms in total. The van der Waals surface area contributed by atoms with Gasteiger partial charge in [0, 0.05) is 24.3 Å². The molecule has 1 aromatic heterocycles. The van der Waals surface area contributed by atoms with Crippen LogP contribution in [0.3, 0.4) is 0 Å². The summed E-state index contributed by atoms with van der Waals surface area (Å²) in [5.74, 6) is 1.72. The van der Waals surface area contributed by atoms with E-state index >= 15 is 0 Å². The monoisotopic (exact) mass is 260 g/mol. The molecule has 0 saturated heterocycles. The fraction of sp³-hybridized carbons (Fsp3) is 0.625. The number of aromatic nitrogens is 1. The fourth-order valence-corrected chi connectivity index (χ4v) is 2.80. The maximum absolute atomic E-state index is 11.3. The van der Waals surface area contributed by atoms with Crippen LogP contribution >= 0.6 is 0 Å². The van der Waals surface area contributed by atoms with Crippen molar-refractivity contribution in [3.05, 3.63) is 23.9 Å². The summed E-state index contributed by atoms with van der Waals surface area (Å²) in [6, 6.07) is 4.52. The van der Waals surface area contributed by atoms with Crippen molar-refractivity contribution < 1.29 is 4.79 Å². The maximum Gasteiger partial charge on any atom is 0.161 e. The van der Waals surface area contributed by atoms with Gasteiger partial charge in [0.15, 0.2) is 5.78 Å². The Morgan fingerprint density at radius 3 is 2.53 bits per heavy atom. The normalized spacial score (nSPS) is 16.0. The van der Waals surface area contributed by atoms with Crippen LogP contribution in [0.25, 0.3) is 0 Å². The minimum Gasteiger partial charge on any atom is -0.353 e. The Hall–Kier alpha value is -1.38. The van der Waals surface area contributed by atoms with Crippen LogP contribution in [0.1, 0.15) is 56.8 Å². The summed E-state index contributed by atoms with van der Waals surface area (Å²) in [6.07, 6.45) is 6.89. The number of hydrogen-bond acceptors (Lipinski definition) is 3. The van der Waals surface area contributed by atoms with Crippen LogP contribution in [-0.4, -0.2) is 23.4 Å². The van der Waals surface area contributed by atoms with E-state index in [0.717, 1.165) is 12.4 Å². The van der Waals surface area contributed by atoms with E-state index in [1.165, 1.54) is 25.7 Å². The van der Waals surface area contributed by atoms with Crippen molar-refractivity contribution >= 4 is 11.6 Å². The third-order valence-corrected chi connectivity index (χ3v) is 3.78. The van der Waals surface area contributed by atoms with E-state index in [1.54, 1.807) is 13.1 Å². The zero-order valence-electron chi connectivity index (χ0n) is 12.2. The van der Waals surface area contributed by atoms with E-state index in [2.05, 4.69) is 23.7 Å². The van der Waals surface area contributed by atoms with Gasteiger partial charge in [0.1, 0.15) is 5.82 Å². The molecule has 2 rings (SSSR count). The Morgan fingerprint density at radius 1 is 1.37 bits per heavy atom. The van der Waals surface area contributed by atoms with Gasteiger partial charge in [0.25, 0.3) is 0 Å². The molecule has 19 heavy (non-hydrogen) atoms. The molecular weight excluding hydrogens is 236 g/mol. The second kappa shape index (κ2) is 6.18. The van der Waals surface area contributed by atoms with Crippen LogP contribution in [0.15, 0.2) is 18.3 Å². The first-order chi connectivity index (χ1) is 9.08. The van der Waals surface area contributed by atoms with E-state index in [1.807, 2.05) is 12.1 Å². The zero-order chi connectivity index (χ0) is 13.8. The molecule has 0 spiro atoms. The average Bonchev–Trinajstić information content (AvgIpc) is 2.89.